The van der Waals surface area contributed by atoms with Crippen LogP contribution in [0.4, 0.5) is 0 Å². The van der Waals surface area contributed by atoms with Crippen LogP contribution in [0.5, 0.6) is 0 Å². The maximum atomic E-state index is 6.19. The van der Waals surface area contributed by atoms with E-state index in [4.69, 9.17) is 15.0 Å². The van der Waals surface area contributed by atoms with E-state index in [1.807, 2.05) is 0 Å². The molecular formula is C52H70B35N5. The molecule has 0 bridgehead atoms. The van der Waals surface area contributed by atoms with E-state index in [1.165, 1.54) is 235 Å². The Kier molecular flexibility index (Phi) is 17.2. The number of benzene rings is 8. The predicted molar refractivity (Wildman–Crippen MR) is 518 cm³/mol. The molecule has 8 aromatic carbocycles. The first-order chi connectivity index (χ1) is 42.8. The van der Waals surface area contributed by atoms with Crippen molar-refractivity contribution >= 4 is 509 Å². The van der Waals surface area contributed by atoms with E-state index in [1.54, 1.807) is 0 Å². The molecule has 3 aromatic heterocycles. The first kappa shape index (κ1) is 68.0. The molecule has 11 rings (SSSR count). The number of hydrogen-bond acceptors (Lipinski definition) is 3. The highest BCUT2D eigenvalue weighted by Crippen LogP contribution is 2.40. The van der Waals surface area contributed by atoms with Crippen molar-refractivity contribution in [2.75, 3.05) is 0 Å². The van der Waals surface area contributed by atoms with Crippen LogP contribution >= 0.6 is 0 Å². The van der Waals surface area contributed by atoms with E-state index in [-0.39, 0.29) is 0 Å². The average molecular weight is 1140 g/mol. The molecule has 0 fully saturated rings. The number of fused-ring (bicyclic) bond motifs is 6. The van der Waals surface area contributed by atoms with Gasteiger partial charge in [-0.15, -0.1) is 76.5 Å². The second-order valence-electron chi connectivity index (χ2n) is 29.3. The molecule has 0 spiro atoms. The maximum Gasteiger partial charge on any atom is 0.240 e. The summed E-state index contributed by atoms with van der Waals surface area (Å²) in [7, 11) is 82.6. The molecule has 3 heterocycles. The van der Waals surface area contributed by atoms with Crippen molar-refractivity contribution in [3.63, 3.8) is 0 Å². The highest BCUT2D eigenvalue weighted by Gasteiger charge is 2.48. The molecule has 0 unspecified atom stereocenters. The number of aromatic nitrogens is 5. The predicted octanol–water partition coefficient (Wildman–Crippen LogP) is -48.8. The third-order valence-electron chi connectivity index (χ3n) is 26.4. The van der Waals surface area contributed by atoms with E-state index in [9.17, 15) is 0 Å². The number of nitrogens with zero attached hydrogens (tertiary/aromatic N) is 5. The largest absolute Gasteiger partial charge is 0.279 e. The zero-order valence-corrected chi connectivity index (χ0v) is 63.2. The third kappa shape index (κ3) is 8.85. The van der Waals surface area contributed by atoms with Gasteiger partial charge in [0.2, 0.25) is 11.9 Å². The Morgan fingerprint density at radius 3 is 0.576 bits per heavy atom. The first-order valence-corrected chi connectivity index (χ1v) is 33.9. The maximum absolute atomic E-state index is 6.19. The minimum atomic E-state index is -0.839. The Balaban J connectivity index is 1.49. The van der Waals surface area contributed by atoms with E-state index in [0.29, 0.717) is 17.7 Å². The molecule has 0 saturated carbocycles. The zero-order valence-electron chi connectivity index (χ0n) is 63.2. The van der Waals surface area contributed by atoms with Crippen molar-refractivity contribution in [2.45, 2.75) is 5.41 Å². The summed E-state index contributed by atoms with van der Waals surface area (Å²) in [5.74, 6) is 1.93. The van der Waals surface area contributed by atoms with Gasteiger partial charge in [0, 0.05) is 27.6 Å². The molecule has 40 heteroatoms. The van der Waals surface area contributed by atoms with Gasteiger partial charge >= 0.3 is 0 Å². The minimum absolute atomic E-state index is 0.627. The lowest BCUT2D eigenvalue weighted by molar-refractivity contribution is 0.792. The molecule has 0 radical (unpaired) electrons. The van der Waals surface area contributed by atoms with E-state index in [0.717, 1.165) is 27.6 Å². The smallest absolute Gasteiger partial charge is 0.240 e. The third-order valence-corrected chi connectivity index (χ3v) is 26.4. The van der Waals surface area contributed by atoms with Crippen molar-refractivity contribution in [2.24, 2.45) is 0 Å². The summed E-state index contributed by atoms with van der Waals surface area (Å²) < 4.78 is 4.96. The molecule has 92 heavy (non-hydrogen) atoms. The van der Waals surface area contributed by atoms with Gasteiger partial charge in [-0.25, -0.2) is 0 Å². The Morgan fingerprint density at radius 1 is 0.174 bits per heavy atom. The van der Waals surface area contributed by atoms with Crippen LogP contribution in [0.25, 0.3) is 66.9 Å². The standard InChI is InChI=1S/C52H70B35N5/c53-10-5(15(58)23(66)16(59)6(10)52(7-17(60)28(71)34(77)29(72)18(7)61,8-19(62)30(73)35(78)31(74)20(8)63)9-21(64)32(75)36(79)33(76)22(9)65)49-88-50(91-45-1(11(54)24(67)37(80)41(45)84)2-12(55)25(68)38(81)42(85)46(2)91)90-51(89-49)92-47-3(13(56)26(69)39(82)43(47)86)4-14(57)27(70)40(83)44(87)48(4)92/h53-87H2. The van der Waals surface area contributed by atoms with Crippen LogP contribution in [0.3, 0.4) is 0 Å². The molecule has 0 aliphatic heterocycles. The normalized spacial score (nSPS) is 11.9. The van der Waals surface area contributed by atoms with E-state index >= 15 is 0 Å². The minimum Gasteiger partial charge on any atom is -0.279 e. The summed E-state index contributed by atoms with van der Waals surface area (Å²) in [6.45, 7) is 0. The van der Waals surface area contributed by atoms with Gasteiger partial charge in [-0.3, -0.25) is 9.13 Å². The lowest BCUT2D eigenvalue weighted by Crippen LogP contribution is -2.69. The summed E-state index contributed by atoms with van der Waals surface area (Å²) in [6, 6.07) is 0. The van der Waals surface area contributed by atoms with Gasteiger partial charge < -0.3 is 0 Å². The van der Waals surface area contributed by atoms with Crippen LogP contribution in [0.1, 0.15) is 22.3 Å². The molecule has 0 atom stereocenters. The summed E-state index contributed by atoms with van der Waals surface area (Å²) in [4.78, 5) is 18.5. The van der Waals surface area contributed by atoms with E-state index in [2.05, 4.69) is 284 Å². The second-order valence-corrected chi connectivity index (χ2v) is 29.3. The van der Waals surface area contributed by atoms with Gasteiger partial charge in [-0.2, -0.15) is 15.0 Å². The summed E-state index contributed by atoms with van der Waals surface area (Å²) in [5.41, 5.74) is 56.1. The van der Waals surface area contributed by atoms with Crippen molar-refractivity contribution in [3.8, 4) is 23.3 Å². The Hall–Kier alpha value is -5.36. The molecule has 0 aliphatic rings. The molecule has 408 valence electrons. The Labute approximate surface area is 580 Å². The monoisotopic (exact) mass is 1150 g/mol. The molecule has 0 aliphatic carbocycles. The van der Waals surface area contributed by atoms with Crippen LogP contribution in [0, 0.1) is 0 Å². The van der Waals surface area contributed by atoms with E-state index < -0.39 is 5.41 Å². The average Bonchev–Trinajstić information content (AvgIpc) is 0.793. The van der Waals surface area contributed by atoms with Gasteiger partial charge in [0.25, 0.3) is 0 Å². The fourth-order valence-corrected chi connectivity index (χ4v) is 18.0. The van der Waals surface area contributed by atoms with Crippen molar-refractivity contribution in [3.05, 3.63) is 22.3 Å². The van der Waals surface area contributed by atoms with Crippen LogP contribution in [-0.4, -0.2) is 299 Å². The van der Waals surface area contributed by atoms with Crippen molar-refractivity contribution in [1.29, 1.82) is 0 Å². The highest BCUT2D eigenvalue weighted by atomic mass is 15.3. The summed E-state index contributed by atoms with van der Waals surface area (Å²) >= 11 is 0. The van der Waals surface area contributed by atoms with Crippen LogP contribution in [-0.2, 0) is 5.41 Å². The summed E-state index contributed by atoms with van der Waals surface area (Å²) in [6.07, 6.45) is 0. The van der Waals surface area contributed by atoms with Gasteiger partial charge in [-0.1, -0.05) is 115 Å². The molecule has 0 amide bonds. The topological polar surface area (TPSA) is 48.5 Å². The Bertz CT molecular complexity index is 4720. The van der Waals surface area contributed by atoms with Crippen LogP contribution in [0.2, 0.25) is 0 Å². The molecule has 0 N–H and O–H groups in total. The Morgan fingerprint density at radius 2 is 0.348 bits per heavy atom. The van der Waals surface area contributed by atoms with Crippen LogP contribution < -0.4 is 191 Å². The second kappa shape index (κ2) is 23.2. The fraction of sp³-hybridized carbons (Fsp3) is 0.0192. The quantitative estimate of drug-likeness (QED) is 0.118. The molecule has 5 nitrogen and oxygen atoms in total. The fourth-order valence-electron chi connectivity index (χ4n) is 18.0. The number of hydrogen-bond donors (Lipinski definition) is 0. The van der Waals surface area contributed by atoms with Gasteiger partial charge in [0.15, 0.2) is 5.82 Å². The number of rotatable bonds is 7. The van der Waals surface area contributed by atoms with Crippen molar-refractivity contribution < 1.29 is 0 Å². The lowest BCUT2D eigenvalue weighted by atomic mass is 9.43. The SMILES string of the molecule is Bc1c(B)c(B)c(C(c2c(B)c(B)c(B)c(B)c2B)(c2c(B)c(B)c(B)c(B)c2B)c2c(B)c(B)c(B)c(-c3nc(-n4c5c(B)c(B)c(B)c(B)c5c5c(B)c(B)c(B)c(B)c54)nc(-n4c5c(B)c(B)c(B)c(B)c5c5c(B)c(B)c(B)c(B)c54)n3)c2B)c(B)c1B. The summed E-state index contributed by atoms with van der Waals surface area (Å²) in [5, 5.41) is 5.12. The lowest BCUT2D eigenvalue weighted by Gasteiger charge is -2.49. The first-order valence-electron chi connectivity index (χ1n) is 33.9. The molecule has 0 saturated heterocycles. The van der Waals surface area contributed by atoms with Gasteiger partial charge in [0.05, 0.1) is 5.41 Å². The molecule has 11 aromatic rings. The van der Waals surface area contributed by atoms with Gasteiger partial charge in [0.1, 0.15) is 275 Å². The van der Waals surface area contributed by atoms with Gasteiger partial charge in [-0.05, 0) is 43.8 Å². The van der Waals surface area contributed by atoms with Crippen molar-refractivity contribution in [1.82, 2.24) is 24.1 Å². The van der Waals surface area contributed by atoms with Crippen LogP contribution in [0.15, 0.2) is 0 Å². The highest BCUT2D eigenvalue weighted by molar-refractivity contribution is 6.76. The molecular weight excluding hydrogens is 1070 g/mol. The zero-order chi connectivity index (χ0) is 68.2.